The highest BCUT2D eigenvalue weighted by molar-refractivity contribution is 7.99. The summed E-state index contributed by atoms with van der Waals surface area (Å²) in [6.45, 7) is 6.24. The molecule has 0 bridgehead atoms. The Morgan fingerprint density at radius 3 is 2.40 bits per heavy atom. The summed E-state index contributed by atoms with van der Waals surface area (Å²) in [6.07, 6.45) is 2.58. The molecule has 7 heteroatoms. The molecule has 0 spiro atoms. The van der Waals surface area contributed by atoms with E-state index in [1.165, 1.54) is 24.3 Å². The van der Waals surface area contributed by atoms with E-state index in [9.17, 15) is 0 Å². The predicted octanol–water partition coefficient (Wildman–Crippen LogP) is 3.01. The zero-order valence-corrected chi connectivity index (χ0v) is 16.1. The molecule has 0 unspecified atom stereocenters. The lowest BCUT2D eigenvalue weighted by molar-refractivity contribution is 0.225. The first-order valence-electron chi connectivity index (χ1n) is 9.08. The average Bonchev–Trinajstić information content (AvgIpc) is 3.26. The van der Waals surface area contributed by atoms with Crippen LogP contribution in [0, 0.1) is 4.77 Å². The summed E-state index contributed by atoms with van der Waals surface area (Å²) in [5.74, 6) is 3.46. The average molecular weight is 376 g/mol. The van der Waals surface area contributed by atoms with E-state index in [1.807, 2.05) is 22.5 Å². The van der Waals surface area contributed by atoms with E-state index >= 15 is 0 Å². The first-order valence-corrected chi connectivity index (χ1v) is 10.6. The third-order valence-corrected chi connectivity index (χ3v) is 6.26. The number of likely N-dealkylation sites (tertiary alicyclic amines) is 1. The van der Waals surface area contributed by atoms with Crippen LogP contribution in [-0.4, -0.2) is 61.8 Å². The van der Waals surface area contributed by atoms with Gasteiger partial charge in [0, 0.05) is 30.3 Å². The third kappa shape index (κ3) is 4.00. The second kappa shape index (κ2) is 8.03. The van der Waals surface area contributed by atoms with Crippen molar-refractivity contribution >= 4 is 24.0 Å². The van der Waals surface area contributed by atoms with Crippen molar-refractivity contribution in [2.75, 3.05) is 37.7 Å². The van der Waals surface area contributed by atoms with Crippen LogP contribution in [-0.2, 0) is 13.2 Å². The fourth-order valence-electron chi connectivity index (χ4n) is 3.56. The molecule has 2 fully saturated rings. The maximum absolute atomic E-state index is 5.82. The van der Waals surface area contributed by atoms with E-state index < -0.39 is 0 Å². The molecule has 0 aliphatic carbocycles. The summed E-state index contributed by atoms with van der Waals surface area (Å²) in [5, 5.41) is 4.93. The summed E-state index contributed by atoms with van der Waals surface area (Å²) in [4.78, 5) is 4.94. The topological polar surface area (TPSA) is 29.2 Å². The summed E-state index contributed by atoms with van der Waals surface area (Å²) in [7, 11) is 0. The van der Waals surface area contributed by atoms with Gasteiger partial charge >= 0.3 is 0 Å². The van der Waals surface area contributed by atoms with Gasteiger partial charge in [-0.2, -0.15) is 16.9 Å². The van der Waals surface area contributed by atoms with Gasteiger partial charge in [-0.3, -0.25) is 14.4 Å². The van der Waals surface area contributed by atoms with Gasteiger partial charge in [0.2, 0.25) is 4.77 Å². The minimum Gasteiger partial charge on any atom is -0.296 e. The standard InChI is InChI=1S/C18H25N5S2/c24-18-22(15-21-10-12-25-13-11-21)19-17(14-20-8-4-5-9-20)23(18)16-6-2-1-3-7-16/h1-3,6-7H,4-5,8-15H2. The van der Waals surface area contributed by atoms with Gasteiger partial charge in [0.1, 0.15) is 0 Å². The van der Waals surface area contributed by atoms with Crippen molar-refractivity contribution in [3.05, 3.63) is 40.9 Å². The van der Waals surface area contributed by atoms with Crippen LogP contribution in [0.15, 0.2) is 30.3 Å². The van der Waals surface area contributed by atoms with Gasteiger partial charge < -0.3 is 0 Å². The molecule has 2 aliphatic rings. The number of thioether (sulfide) groups is 1. The van der Waals surface area contributed by atoms with Crippen molar-refractivity contribution in [3.8, 4) is 5.69 Å². The van der Waals surface area contributed by atoms with Crippen molar-refractivity contribution in [2.45, 2.75) is 26.1 Å². The van der Waals surface area contributed by atoms with Gasteiger partial charge in [0.15, 0.2) is 5.82 Å². The molecule has 0 radical (unpaired) electrons. The van der Waals surface area contributed by atoms with Crippen LogP contribution in [0.4, 0.5) is 0 Å². The van der Waals surface area contributed by atoms with Crippen LogP contribution in [0.2, 0.25) is 0 Å². The molecule has 1 aromatic carbocycles. The Bertz CT molecular complexity index is 743. The quantitative estimate of drug-likeness (QED) is 0.750. The van der Waals surface area contributed by atoms with Crippen LogP contribution in [0.25, 0.3) is 5.69 Å². The largest absolute Gasteiger partial charge is 0.296 e. The van der Waals surface area contributed by atoms with Gasteiger partial charge in [-0.25, -0.2) is 4.68 Å². The highest BCUT2D eigenvalue weighted by Crippen LogP contribution is 2.18. The number of rotatable bonds is 5. The number of para-hydroxylation sites is 1. The highest BCUT2D eigenvalue weighted by Gasteiger charge is 2.20. The smallest absolute Gasteiger partial charge is 0.203 e. The van der Waals surface area contributed by atoms with Crippen LogP contribution in [0.5, 0.6) is 0 Å². The molecular formula is C18H25N5S2. The number of nitrogens with zero attached hydrogens (tertiary/aromatic N) is 5. The Labute approximate surface area is 158 Å². The first-order chi connectivity index (χ1) is 12.3. The summed E-state index contributed by atoms with van der Waals surface area (Å²) >= 11 is 7.85. The molecule has 0 amide bonds. The summed E-state index contributed by atoms with van der Waals surface area (Å²) in [5.41, 5.74) is 1.11. The molecule has 134 valence electrons. The SMILES string of the molecule is S=c1n(CN2CCSCC2)nc(CN2CCCC2)n1-c1ccccc1. The Balaban J connectivity index is 1.65. The molecule has 4 rings (SSSR count). The normalized spacial score (nSPS) is 19.5. The Morgan fingerprint density at radius 2 is 1.68 bits per heavy atom. The van der Waals surface area contributed by atoms with Crippen LogP contribution in [0.3, 0.4) is 0 Å². The lowest BCUT2D eigenvalue weighted by Crippen LogP contribution is -2.34. The fraction of sp³-hybridized carbons (Fsp3) is 0.556. The molecule has 2 aromatic rings. The van der Waals surface area contributed by atoms with E-state index in [1.54, 1.807) is 0 Å². The zero-order chi connectivity index (χ0) is 17.1. The van der Waals surface area contributed by atoms with Crippen molar-refractivity contribution in [2.24, 2.45) is 0 Å². The van der Waals surface area contributed by atoms with Crippen LogP contribution in [0.1, 0.15) is 18.7 Å². The van der Waals surface area contributed by atoms with Gasteiger partial charge in [0.05, 0.1) is 13.2 Å². The van der Waals surface area contributed by atoms with Crippen molar-refractivity contribution in [1.29, 1.82) is 0 Å². The van der Waals surface area contributed by atoms with Gasteiger partial charge in [-0.05, 0) is 50.3 Å². The van der Waals surface area contributed by atoms with Crippen molar-refractivity contribution in [3.63, 3.8) is 0 Å². The third-order valence-electron chi connectivity index (χ3n) is 4.92. The first kappa shape index (κ1) is 17.3. The number of aromatic nitrogens is 3. The highest BCUT2D eigenvalue weighted by atomic mass is 32.2. The van der Waals surface area contributed by atoms with Gasteiger partial charge in [-0.1, -0.05) is 18.2 Å². The number of hydrogen-bond acceptors (Lipinski definition) is 5. The second-order valence-electron chi connectivity index (χ2n) is 6.72. The maximum Gasteiger partial charge on any atom is 0.203 e. The molecule has 0 saturated carbocycles. The molecule has 2 aliphatic heterocycles. The van der Waals surface area contributed by atoms with E-state index in [0.717, 1.165) is 55.7 Å². The molecule has 3 heterocycles. The number of benzene rings is 1. The summed E-state index contributed by atoms with van der Waals surface area (Å²) in [6, 6.07) is 10.4. The van der Waals surface area contributed by atoms with E-state index in [2.05, 4.69) is 38.6 Å². The lowest BCUT2D eigenvalue weighted by atomic mass is 10.3. The van der Waals surface area contributed by atoms with Gasteiger partial charge in [0.25, 0.3) is 0 Å². The van der Waals surface area contributed by atoms with Crippen molar-refractivity contribution < 1.29 is 0 Å². The van der Waals surface area contributed by atoms with Crippen LogP contribution >= 0.6 is 24.0 Å². The molecule has 2 saturated heterocycles. The Hall–Kier alpha value is -1.15. The molecular weight excluding hydrogens is 350 g/mol. The molecule has 0 atom stereocenters. The van der Waals surface area contributed by atoms with Gasteiger partial charge in [-0.15, -0.1) is 0 Å². The fourth-order valence-corrected chi connectivity index (χ4v) is 4.84. The Kier molecular flexibility index (Phi) is 5.55. The lowest BCUT2D eigenvalue weighted by Gasteiger charge is -2.25. The monoisotopic (exact) mass is 375 g/mol. The molecule has 0 N–H and O–H groups in total. The maximum atomic E-state index is 5.82. The number of hydrogen-bond donors (Lipinski definition) is 0. The molecule has 25 heavy (non-hydrogen) atoms. The van der Waals surface area contributed by atoms with E-state index in [4.69, 9.17) is 17.3 Å². The second-order valence-corrected chi connectivity index (χ2v) is 8.31. The molecule has 1 aromatic heterocycles. The molecule has 5 nitrogen and oxygen atoms in total. The summed E-state index contributed by atoms with van der Waals surface area (Å²) < 4.78 is 4.98. The van der Waals surface area contributed by atoms with E-state index in [0.29, 0.717) is 0 Å². The van der Waals surface area contributed by atoms with Crippen LogP contribution < -0.4 is 0 Å². The minimum atomic E-state index is 0.798. The van der Waals surface area contributed by atoms with Crippen molar-refractivity contribution in [1.82, 2.24) is 24.1 Å². The van der Waals surface area contributed by atoms with E-state index in [-0.39, 0.29) is 0 Å². The predicted molar refractivity (Wildman–Crippen MR) is 106 cm³/mol. The Morgan fingerprint density at radius 1 is 0.960 bits per heavy atom. The zero-order valence-electron chi connectivity index (χ0n) is 14.5. The minimum absolute atomic E-state index is 0.798.